The average Bonchev–Trinajstić information content (AvgIpc) is 3.05. The molecular formula is C18H18N2O2S. The maximum atomic E-state index is 12.4. The first-order valence-electron chi connectivity index (χ1n) is 7.12. The highest BCUT2D eigenvalue weighted by Crippen LogP contribution is 2.13. The molecule has 1 aromatic carbocycles. The first kappa shape index (κ1) is 16.7. The van der Waals surface area contributed by atoms with Gasteiger partial charge in [0.15, 0.2) is 0 Å². The Morgan fingerprint density at radius 2 is 2.09 bits per heavy atom. The summed E-state index contributed by atoms with van der Waals surface area (Å²) in [6, 6.07) is 11.0. The van der Waals surface area contributed by atoms with Gasteiger partial charge in [0.25, 0.3) is 11.8 Å². The predicted molar refractivity (Wildman–Crippen MR) is 94.1 cm³/mol. The minimum absolute atomic E-state index is 0.209. The van der Waals surface area contributed by atoms with Crippen LogP contribution in [0.1, 0.15) is 20.8 Å². The summed E-state index contributed by atoms with van der Waals surface area (Å²) in [4.78, 5) is 25.5. The van der Waals surface area contributed by atoms with Crippen molar-refractivity contribution in [1.82, 2.24) is 10.6 Å². The van der Waals surface area contributed by atoms with Crippen molar-refractivity contribution in [2.24, 2.45) is 0 Å². The van der Waals surface area contributed by atoms with E-state index in [0.29, 0.717) is 12.1 Å². The van der Waals surface area contributed by atoms with E-state index >= 15 is 0 Å². The largest absolute Gasteiger partial charge is 0.347 e. The van der Waals surface area contributed by atoms with Crippen LogP contribution in [-0.4, -0.2) is 18.4 Å². The molecule has 1 heterocycles. The third kappa shape index (κ3) is 4.93. The second-order valence-electron chi connectivity index (χ2n) is 4.90. The smallest absolute Gasteiger partial charge is 0.268 e. The normalized spacial score (nSPS) is 10.9. The molecule has 2 N–H and O–H groups in total. The summed E-state index contributed by atoms with van der Waals surface area (Å²) in [5.41, 5.74) is 1.71. The van der Waals surface area contributed by atoms with Crippen molar-refractivity contribution in [3.63, 3.8) is 0 Å². The van der Waals surface area contributed by atoms with Crippen LogP contribution >= 0.6 is 11.3 Å². The van der Waals surface area contributed by atoms with Gasteiger partial charge in [-0.3, -0.25) is 9.59 Å². The van der Waals surface area contributed by atoms with E-state index in [-0.39, 0.29) is 17.5 Å². The summed E-state index contributed by atoms with van der Waals surface area (Å²) < 4.78 is 0. The van der Waals surface area contributed by atoms with E-state index in [1.165, 1.54) is 11.3 Å². The molecule has 0 radical (unpaired) electrons. The van der Waals surface area contributed by atoms with E-state index in [1.807, 2.05) is 36.6 Å². The van der Waals surface area contributed by atoms with Gasteiger partial charge < -0.3 is 10.6 Å². The summed E-state index contributed by atoms with van der Waals surface area (Å²) in [5, 5.41) is 7.28. The third-order valence-corrected chi connectivity index (χ3v) is 3.83. The van der Waals surface area contributed by atoms with Crippen molar-refractivity contribution in [1.29, 1.82) is 0 Å². The van der Waals surface area contributed by atoms with Crippen molar-refractivity contribution in [3.8, 4) is 0 Å². The molecule has 0 fully saturated rings. The van der Waals surface area contributed by atoms with E-state index in [9.17, 15) is 9.59 Å². The average molecular weight is 326 g/mol. The van der Waals surface area contributed by atoms with Crippen LogP contribution in [0.15, 0.2) is 60.1 Å². The van der Waals surface area contributed by atoms with Crippen LogP contribution < -0.4 is 10.6 Å². The molecule has 5 heteroatoms. The Morgan fingerprint density at radius 1 is 1.26 bits per heavy atom. The SMILES string of the molecule is C=CCNC(=O)/C(=C/c1cccs1)NC(=O)c1cccc(C)c1. The number of thiophene rings is 1. The van der Waals surface area contributed by atoms with Gasteiger partial charge in [-0.25, -0.2) is 0 Å². The van der Waals surface area contributed by atoms with Crippen LogP contribution in [-0.2, 0) is 4.79 Å². The third-order valence-electron chi connectivity index (χ3n) is 3.01. The predicted octanol–water partition coefficient (Wildman–Crippen LogP) is 3.13. The molecular weight excluding hydrogens is 308 g/mol. The molecule has 0 aliphatic carbocycles. The zero-order chi connectivity index (χ0) is 16.7. The zero-order valence-electron chi connectivity index (χ0n) is 12.8. The lowest BCUT2D eigenvalue weighted by atomic mass is 10.1. The number of benzene rings is 1. The number of nitrogens with one attached hydrogen (secondary N) is 2. The van der Waals surface area contributed by atoms with Crippen LogP contribution in [0.2, 0.25) is 0 Å². The number of hydrogen-bond acceptors (Lipinski definition) is 3. The van der Waals surface area contributed by atoms with Gasteiger partial charge in [0.05, 0.1) is 0 Å². The van der Waals surface area contributed by atoms with Crippen molar-refractivity contribution in [2.75, 3.05) is 6.54 Å². The molecule has 4 nitrogen and oxygen atoms in total. The zero-order valence-corrected chi connectivity index (χ0v) is 13.7. The molecule has 2 amide bonds. The Hall–Kier alpha value is -2.66. The second kappa shape index (κ2) is 8.10. The molecule has 0 aliphatic heterocycles. The summed E-state index contributed by atoms with van der Waals surface area (Å²) in [6.07, 6.45) is 3.25. The summed E-state index contributed by atoms with van der Waals surface area (Å²) in [7, 11) is 0. The van der Waals surface area contributed by atoms with Gasteiger partial charge in [-0.05, 0) is 36.6 Å². The summed E-state index contributed by atoms with van der Waals surface area (Å²) >= 11 is 1.49. The molecule has 2 rings (SSSR count). The van der Waals surface area contributed by atoms with Crippen molar-refractivity contribution < 1.29 is 9.59 Å². The Morgan fingerprint density at radius 3 is 2.74 bits per heavy atom. The number of carbonyl (C=O) groups is 2. The number of aryl methyl sites for hydroxylation is 1. The molecule has 1 aromatic heterocycles. The molecule has 0 saturated heterocycles. The minimum atomic E-state index is -0.348. The lowest BCUT2D eigenvalue weighted by Gasteiger charge is -2.10. The first-order chi connectivity index (χ1) is 11.1. The number of rotatable bonds is 6. The van der Waals surface area contributed by atoms with Gasteiger partial charge in [-0.15, -0.1) is 17.9 Å². The van der Waals surface area contributed by atoms with Gasteiger partial charge in [0.2, 0.25) is 0 Å². The molecule has 0 spiro atoms. The second-order valence-corrected chi connectivity index (χ2v) is 5.88. The number of amides is 2. The maximum absolute atomic E-state index is 12.4. The Bertz CT molecular complexity index is 733. The van der Waals surface area contributed by atoms with Crippen molar-refractivity contribution in [3.05, 3.63) is 76.1 Å². The van der Waals surface area contributed by atoms with Crippen molar-refractivity contribution >= 4 is 29.2 Å². The molecule has 23 heavy (non-hydrogen) atoms. The van der Waals surface area contributed by atoms with E-state index in [2.05, 4.69) is 17.2 Å². The highest BCUT2D eigenvalue weighted by molar-refractivity contribution is 7.10. The Kier molecular flexibility index (Phi) is 5.88. The molecule has 0 saturated carbocycles. The molecule has 0 unspecified atom stereocenters. The highest BCUT2D eigenvalue weighted by Gasteiger charge is 2.14. The van der Waals surface area contributed by atoms with E-state index < -0.39 is 0 Å². The fourth-order valence-electron chi connectivity index (χ4n) is 1.91. The van der Waals surface area contributed by atoms with Crippen LogP contribution in [0.4, 0.5) is 0 Å². The Balaban J connectivity index is 2.22. The number of carbonyl (C=O) groups excluding carboxylic acids is 2. The quantitative estimate of drug-likeness (QED) is 0.633. The Labute approximate surface area is 139 Å². The van der Waals surface area contributed by atoms with Crippen LogP contribution in [0.25, 0.3) is 6.08 Å². The highest BCUT2D eigenvalue weighted by atomic mass is 32.1. The first-order valence-corrected chi connectivity index (χ1v) is 8.00. The van der Waals surface area contributed by atoms with Gasteiger partial charge in [-0.1, -0.05) is 29.8 Å². The van der Waals surface area contributed by atoms with E-state index in [4.69, 9.17) is 0 Å². The van der Waals surface area contributed by atoms with Crippen LogP contribution in [0.3, 0.4) is 0 Å². The fourth-order valence-corrected chi connectivity index (χ4v) is 2.57. The van der Waals surface area contributed by atoms with Crippen LogP contribution in [0.5, 0.6) is 0 Å². The lowest BCUT2D eigenvalue weighted by Crippen LogP contribution is -2.34. The monoisotopic (exact) mass is 326 g/mol. The lowest BCUT2D eigenvalue weighted by molar-refractivity contribution is -0.117. The molecule has 0 atom stereocenters. The number of hydrogen-bond donors (Lipinski definition) is 2. The molecule has 0 aliphatic rings. The van der Waals surface area contributed by atoms with Crippen molar-refractivity contribution in [2.45, 2.75) is 6.92 Å². The maximum Gasteiger partial charge on any atom is 0.268 e. The van der Waals surface area contributed by atoms with Crippen LogP contribution in [0, 0.1) is 6.92 Å². The van der Waals surface area contributed by atoms with E-state index in [1.54, 1.807) is 24.3 Å². The molecule has 118 valence electrons. The van der Waals surface area contributed by atoms with Gasteiger partial charge >= 0.3 is 0 Å². The standard InChI is InChI=1S/C18H18N2O2S/c1-3-9-19-18(22)16(12-15-8-5-10-23-15)20-17(21)14-7-4-6-13(2)11-14/h3-8,10-12H,1,9H2,2H3,(H,19,22)(H,20,21)/b16-12-. The molecule has 2 aromatic rings. The van der Waals surface area contributed by atoms with E-state index in [0.717, 1.165) is 10.4 Å². The topological polar surface area (TPSA) is 58.2 Å². The van der Waals surface area contributed by atoms with Gasteiger partial charge in [-0.2, -0.15) is 0 Å². The van der Waals surface area contributed by atoms with Gasteiger partial charge in [0.1, 0.15) is 5.70 Å². The fraction of sp³-hybridized carbons (Fsp3) is 0.111. The van der Waals surface area contributed by atoms with Gasteiger partial charge in [0, 0.05) is 17.0 Å². The summed E-state index contributed by atoms with van der Waals surface area (Å²) in [5.74, 6) is -0.662. The molecule has 0 bridgehead atoms. The minimum Gasteiger partial charge on any atom is -0.347 e. The summed E-state index contributed by atoms with van der Waals surface area (Å²) in [6.45, 7) is 5.81.